The van der Waals surface area contributed by atoms with Crippen molar-refractivity contribution in [3.05, 3.63) is 162 Å². The van der Waals surface area contributed by atoms with E-state index in [4.69, 9.17) is 0 Å². The first kappa shape index (κ1) is 31.7. The molecule has 2 aromatic heterocycles. The molecule has 0 saturated heterocycles. The maximum atomic E-state index is 2.78. The normalized spacial score (nSPS) is 20.1. The highest BCUT2D eigenvalue weighted by Crippen LogP contribution is 2.55. The molecule has 3 heteroatoms. The number of imidazole rings is 1. The highest BCUT2D eigenvalue weighted by molar-refractivity contribution is 5.87. The molecule has 0 radical (unpaired) electrons. The third kappa shape index (κ3) is 4.43. The predicted molar refractivity (Wildman–Crippen MR) is 209 cm³/mol. The third-order valence-corrected chi connectivity index (χ3v) is 12.9. The summed E-state index contributed by atoms with van der Waals surface area (Å²) in [5.41, 5.74) is 15.9. The van der Waals surface area contributed by atoms with Crippen LogP contribution in [0.25, 0.3) is 50.5 Å². The number of hydrogen-bond acceptors (Lipinski definition) is 0. The molecule has 3 atom stereocenters. The molecule has 0 spiro atoms. The molecule has 4 heterocycles. The Hall–Kier alpha value is -5.28. The molecule has 0 bridgehead atoms. The maximum Gasteiger partial charge on any atom is 0.295 e. The minimum atomic E-state index is -0.169. The molecule has 2 aliphatic rings. The van der Waals surface area contributed by atoms with Gasteiger partial charge in [0.25, 0.3) is 5.82 Å². The van der Waals surface area contributed by atoms with Crippen molar-refractivity contribution in [2.75, 3.05) is 0 Å². The van der Waals surface area contributed by atoms with Crippen LogP contribution in [0.4, 0.5) is 0 Å². The Kier molecular flexibility index (Phi) is 7.40. The highest BCUT2D eigenvalue weighted by atomic mass is 15.2. The smallest absolute Gasteiger partial charge is 0.216 e. The van der Waals surface area contributed by atoms with Gasteiger partial charge in [-0.05, 0) is 85.2 Å². The fraction of sp³-hybridized carbons (Fsp3) is 0.250. The van der Waals surface area contributed by atoms with E-state index in [9.17, 15) is 0 Å². The van der Waals surface area contributed by atoms with Gasteiger partial charge in [0.05, 0.1) is 5.56 Å². The second-order valence-corrected chi connectivity index (χ2v) is 15.0. The first-order chi connectivity index (χ1) is 24.9. The molecule has 0 fully saturated rings. The van der Waals surface area contributed by atoms with Crippen molar-refractivity contribution in [2.24, 2.45) is 7.05 Å². The number of nitrogens with zero attached hydrogens (tertiary/aromatic N) is 3. The number of aromatic nitrogens is 3. The van der Waals surface area contributed by atoms with Gasteiger partial charge in [-0.25, -0.2) is 9.13 Å². The zero-order valence-corrected chi connectivity index (χ0v) is 30.5. The van der Waals surface area contributed by atoms with E-state index in [0.29, 0.717) is 5.92 Å². The van der Waals surface area contributed by atoms with Gasteiger partial charge in [0.15, 0.2) is 17.2 Å². The molecule has 51 heavy (non-hydrogen) atoms. The van der Waals surface area contributed by atoms with E-state index in [1.807, 2.05) is 0 Å². The van der Waals surface area contributed by atoms with Gasteiger partial charge in [0.1, 0.15) is 18.3 Å². The van der Waals surface area contributed by atoms with Crippen molar-refractivity contribution in [2.45, 2.75) is 70.3 Å². The highest BCUT2D eigenvalue weighted by Gasteiger charge is 2.59. The summed E-state index contributed by atoms with van der Waals surface area (Å²) in [5, 5.41) is 0. The molecule has 3 unspecified atom stereocenters. The van der Waals surface area contributed by atoms with Crippen molar-refractivity contribution in [3.8, 4) is 39.5 Å². The van der Waals surface area contributed by atoms with Crippen LogP contribution in [0.1, 0.15) is 75.1 Å². The Balaban J connectivity index is 1.25. The van der Waals surface area contributed by atoms with Crippen molar-refractivity contribution in [3.63, 3.8) is 0 Å². The van der Waals surface area contributed by atoms with Crippen LogP contribution in [0.2, 0.25) is 0 Å². The summed E-state index contributed by atoms with van der Waals surface area (Å²) in [6.45, 7) is 9.80. The minimum Gasteiger partial charge on any atom is -0.216 e. The second-order valence-electron chi connectivity index (χ2n) is 15.0. The van der Waals surface area contributed by atoms with Crippen LogP contribution in [0.15, 0.2) is 140 Å². The fourth-order valence-electron chi connectivity index (χ4n) is 10.1. The van der Waals surface area contributed by atoms with Crippen LogP contribution in [-0.4, -0.2) is 4.57 Å². The standard InChI is InChI=1S/C48H47N3/c1-6-47(4)48(7-2,30-29-35-27-28-36(34-18-9-8-10-19-34)32-40(35)42-24-15-16-31-49(42)5)41-23-13-11-21-39(41)46-50-43-25-14-12-20-37(43)33(3)38-22-17-26-44(45(38)50)51(46)47/h8-28,31-33H,6-7,29-30H2,1-5H3/q+2. The molecular formula is C48H47N3+2. The summed E-state index contributed by atoms with van der Waals surface area (Å²) in [6.07, 6.45) is 6.28. The molecule has 0 saturated carbocycles. The first-order valence-electron chi connectivity index (χ1n) is 18.8. The zero-order valence-electron chi connectivity index (χ0n) is 30.5. The third-order valence-electron chi connectivity index (χ3n) is 12.9. The van der Waals surface area contributed by atoms with Crippen LogP contribution >= 0.6 is 0 Å². The average Bonchev–Trinajstić information content (AvgIpc) is 3.54. The number of para-hydroxylation sites is 2. The van der Waals surface area contributed by atoms with Crippen LogP contribution in [0.5, 0.6) is 0 Å². The topological polar surface area (TPSA) is 12.7 Å². The quantitative estimate of drug-likeness (QED) is 0.150. The van der Waals surface area contributed by atoms with E-state index in [-0.39, 0.29) is 11.0 Å². The van der Waals surface area contributed by atoms with E-state index in [0.717, 1.165) is 25.7 Å². The van der Waals surface area contributed by atoms with E-state index in [2.05, 4.69) is 188 Å². The van der Waals surface area contributed by atoms with Gasteiger partial charge in [-0.1, -0.05) is 112 Å². The van der Waals surface area contributed by atoms with Crippen LogP contribution in [0, 0.1) is 0 Å². The monoisotopic (exact) mass is 665 g/mol. The summed E-state index contributed by atoms with van der Waals surface area (Å²) < 4.78 is 7.66. The van der Waals surface area contributed by atoms with Crippen molar-refractivity contribution >= 4 is 11.0 Å². The molecule has 7 aromatic rings. The Morgan fingerprint density at radius 1 is 0.686 bits per heavy atom. The molecule has 0 aliphatic carbocycles. The summed E-state index contributed by atoms with van der Waals surface area (Å²) in [5.74, 6) is 1.66. The lowest BCUT2D eigenvalue weighted by Gasteiger charge is -2.50. The predicted octanol–water partition coefficient (Wildman–Crippen LogP) is 10.6. The Morgan fingerprint density at radius 3 is 2.24 bits per heavy atom. The molecule has 5 aromatic carbocycles. The molecule has 2 aliphatic heterocycles. The van der Waals surface area contributed by atoms with Gasteiger partial charge in [0.2, 0.25) is 5.69 Å². The zero-order chi connectivity index (χ0) is 34.9. The molecular weight excluding hydrogens is 619 g/mol. The van der Waals surface area contributed by atoms with E-state index < -0.39 is 0 Å². The van der Waals surface area contributed by atoms with Gasteiger partial charge >= 0.3 is 0 Å². The SMILES string of the molecule is CCC1(CCc2ccc(-c3ccccc3)cc2-c2cccc[n+]2C)c2ccccc2-c2n3c4c(cccc4[n+]2C1(C)CC)C(C)c1ccccc1-3. The lowest BCUT2D eigenvalue weighted by molar-refractivity contribution is -0.743. The first-order valence-corrected chi connectivity index (χ1v) is 18.8. The van der Waals surface area contributed by atoms with Gasteiger partial charge in [-0.3, -0.25) is 0 Å². The number of pyridine rings is 1. The van der Waals surface area contributed by atoms with Crippen LogP contribution in [-0.2, 0) is 24.4 Å². The molecule has 3 nitrogen and oxygen atoms in total. The number of aryl methyl sites for hydroxylation is 2. The van der Waals surface area contributed by atoms with E-state index in [1.165, 1.54) is 72.7 Å². The lowest BCUT2D eigenvalue weighted by Crippen LogP contribution is -2.68. The number of hydrogen-bond donors (Lipinski definition) is 0. The lowest BCUT2D eigenvalue weighted by atomic mass is 9.57. The second kappa shape index (κ2) is 11.9. The largest absolute Gasteiger partial charge is 0.295 e. The number of benzene rings is 5. The Morgan fingerprint density at radius 2 is 1.43 bits per heavy atom. The number of rotatable bonds is 7. The van der Waals surface area contributed by atoms with Gasteiger partial charge < -0.3 is 0 Å². The number of fused-ring (bicyclic) bond motifs is 7. The summed E-state index contributed by atoms with van der Waals surface area (Å²) in [7, 11) is 2.17. The summed E-state index contributed by atoms with van der Waals surface area (Å²) in [4.78, 5) is 0. The Bertz CT molecular complexity index is 2450. The van der Waals surface area contributed by atoms with Gasteiger partial charge in [-0.2, -0.15) is 4.57 Å². The van der Waals surface area contributed by atoms with Crippen LogP contribution in [0.3, 0.4) is 0 Å². The van der Waals surface area contributed by atoms with Crippen LogP contribution < -0.4 is 9.13 Å². The Labute approximate surface area is 302 Å². The average molecular weight is 666 g/mol. The van der Waals surface area contributed by atoms with Crippen molar-refractivity contribution in [1.29, 1.82) is 0 Å². The summed E-state index contributed by atoms with van der Waals surface area (Å²) >= 11 is 0. The molecule has 9 rings (SSSR count). The maximum absolute atomic E-state index is 2.78. The van der Waals surface area contributed by atoms with E-state index in [1.54, 1.807) is 0 Å². The minimum absolute atomic E-state index is 0.0986. The van der Waals surface area contributed by atoms with Gasteiger partial charge in [0, 0.05) is 40.2 Å². The molecule has 0 N–H and O–H groups in total. The van der Waals surface area contributed by atoms with Crippen molar-refractivity contribution < 1.29 is 9.13 Å². The van der Waals surface area contributed by atoms with Gasteiger partial charge in [-0.15, -0.1) is 0 Å². The van der Waals surface area contributed by atoms with Crippen molar-refractivity contribution in [1.82, 2.24) is 4.57 Å². The molecule has 252 valence electrons. The molecule has 0 amide bonds. The van der Waals surface area contributed by atoms with E-state index >= 15 is 0 Å². The fourth-order valence-corrected chi connectivity index (χ4v) is 10.1. The summed E-state index contributed by atoms with van der Waals surface area (Å²) in [6, 6.07) is 50.0.